The molecule has 1 aliphatic carbocycles. The Kier molecular flexibility index (Phi) is 2.18. The van der Waals surface area contributed by atoms with Crippen LogP contribution in [0.3, 0.4) is 0 Å². The zero-order valence-corrected chi connectivity index (χ0v) is 6.71. The fourth-order valence-electron chi connectivity index (χ4n) is 0.999. The molecule has 0 saturated heterocycles. The van der Waals surface area contributed by atoms with E-state index in [4.69, 9.17) is 5.11 Å². The highest BCUT2D eigenvalue weighted by molar-refractivity contribution is 5.76. The van der Waals surface area contributed by atoms with Gasteiger partial charge in [0.25, 0.3) is 0 Å². The van der Waals surface area contributed by atoms with Crippen LogP contribution in [0.1, 0.15) is 32.6 Å². The van der Waals surface area contributed by atoms with Gasteiger partial charge < -0.3 is 10.2 Å². The van der Waals surface area contributed by atoms with Gasteiger partial charge in [0, 0.05) is 0 Å². The van der Waals surface area contributed by atoms with Crippen LogP contribution in [0.4, 0.5) is 0 Å². The van der Waals surface area contributed by atoms with Gasteiger partial charge in [-0.2, -0.15) is 0 Å². The van der Waals surface area contributed by atoms with Gasteiger partial charge in [-0.1, -0.05) is 12.8 Å². The number of carboxylic acids is 1. The molecule has 0 aromatic carbocycles. The van der Waals surface area contributed by atoms with Crippen LogP contribution < -0.4 is 0 Å². The van der Waals surface area contributed by atoms with Crippen molar-refractivity contribution in [1.29, 1.82) is 0 Å². The maximum Gasteiger partial charge on any atom is 0.335 e. The fraction of sp³-hybridized carbons (Fsp3) is 0.875. The molecule has 1 rings (SSSR count). The van der Waals surface area contributed by atoms with E-state index in [0.29, 0.717) is 12.3 Å². The molecule has 0 aliphatic heterocycles. The van der Waals surface area contributed by atoms with Gasteiger partial charge in [0.1, 0.15) is 0 Å². The van der Waals surface area contributed by atoms with E-state index in [1.54, 1.807) is 0 Å². The van der Waals surface area contributed by atoms with Gasteiger partial charge >= 0.3 is 5.97 Å². The lowest BCUT2D eigenvalue weighted by Crippen LogP contribution is -2.34. The highest BCUT2D eigenvalue weighted by Crippen LogP contribution is 2.35. The van der Waals surface area contributed by atoms with Crippen molar-refractivity contribution in [2.75, 3.05) is 0 Å². The summed E-state index contributed by atoms with van der Waals surface area (Å²) < 4.78 is 0. The molecule has 0 heterocycles. The van der Waals surface area contributed by atoms with Crippen molar-refractivity contribution >= 4 is 5.97 Å². The molecule has 0 aromatic heterocycles. The van der Waals surface area contributed by atoms with Gasteiger partial charge in [-0.05, 0) is 25.7 Å². The van der Waals surface area contributed by atoms with Crippen LogP contribution >= 0.6 is 0 Å². The van der Waals surface area contributed by atoms with Crippen molar-refractivity contribution in [1.82, 2.24) is 0 Å². The average molecular weight is 158 g/mol. The standard InChI is InChI=1S/C8H14O3/c1-8(11,7(9)10)5-4-6-2-3-6/h6,11H,2-5H2,1H3,(H,9,10). The van der Waals surface area contributed by atoms with Crippen LogP contribution in [0, 0.1) is 5.92 Å². The Morgan fingerprint density at radius 2 is 2.18 bits per heavy atom. The number of carboxylic acid groups (broad SMARTS) is 1. The van der Waals surface area contributed by atoms with E-state index >= 15 is 0 Å². The number of hydrogen-bond acceptors (Lipinski definition) is 2. The Balaban J connectivity index is 2.26. The summed E-state index contributed by atoms with van der Waals surface area (Å²) in [5.74, 6) is -0.432. The second-order valence-electron chi connectivity index (χ2n) is 3.56. The second kappa shape index (κ2) is 2.81. The van der Waals surface area contributed by atoms with Crippen LogP contribution in [0.25, 0.3) is 0 Å². The summed E-state index contributed by atoms with van der Waals surface area (Å²) in [5.41, 5.74) is -1.51. The number of carbonyl (C=O) groups is 1. The molecule has 1 saturated carbocycles. The van der Waals surface area contributed by atoms with Crippen LogP contribution in [-0.2, 0) is 4.79 Å². The molecule has 0 bridgehead atoms. The fourth-order valence-corrected chi connectivity index (χ4v) is 0.999. The molecule has 0 aromatic rings. The third kappa shape index (κ3) is 2.50. The highest BCUT2D eigenvalue weighted by Gasteiger charge is 2.32. The molecular weight excluding hydrogens is 144 g/mol. The summed E-state index contributed by atoms with van der Waals surface area (Å²) in [6.07, 6.45) is 3.64. The quantitative estimate of drug-likeness (QED) is 0.642. The van der Waals surface area contributed by atoms with Gasteiger partial charge in [-0.15, -0.1) is 0 Å². The molecule has 2 N–H and O–H groups in total. The van der Waals surface area contributed by atoms with Crippen molar-refractivity contribution in [3.05, 3.63) is 0 Å². The van der Waals surface area contributed by atoms with E-state index in [9.17, 15) is 9.90 Å². The Morgan fingerprint density at radius 1 is 1.64 bits per heavy atom. The first-order valence-corrected chi connectivity index (χ1v) is 3.98. The van der Waals surface area contributed by atoms with Crippen molar-refractivity contribution in [3.8, 4) is 0 Å². The maximum absolute atomic E-state index is 10.4. The molecule has 1 unspecified atom stereocenters. The SMILES string of the molecule is CC(O)(CCC1CC1)C(=O)O. The summed E-state index contributed by atoms with van der Waals surface area (Å²) in [4.78, 5) is 10.4. The van der Waals surface area contributed by atoms with Crippen LogP contribution in [0.15, 0.2) is 0 Å². The van der Waals surface area contributed by atoms with Gasteiger partial charge in [-0.3, -0.25) is 0 Å². The largest absolute Gasteiger partial charge is 0.479 e. The number of rotatable bonds is 4. The zero-order chi connectivity index (χ0) is 8.48. The third-order valence-corrected chi connectivity index (χ3v) is 2.20. The van der Waals surface area contributed by atoms with E-state index in [2.05, 4.69) is 0 Å². The van der Waals surface area contributed by atoms with Crippen LogP contribution in [0.5, 0.6) is 0 Å². The number of hydrogen-bond donors (Lipinski definition) is 2. The summed E-state index contributed by atoms with van der Waals surface area (Å²) in [6, 6.07) is 0. The zero-order valence-electron chi connectivity index (χ0n) is 6.71. The van der Waals surface area contributed by atoms with E-state index in [1.807, 2.05) is 0 Å². The highest BCUT2D eigenvalue weighted by atomic mass is 16.4. The second-order valence-corrected chi connectivity index (χ2v) is 3.56. The molecule has 3 heteroatoms. The Labute approximate surface area is 66.0 Å². The molecule has 0 radical (unpaired) electrons. The van der Waals surface area contributed by atoms with Gasteiger partial charge in [-0.25, -0.2) is 4.79 Å². The van der Waals surface area contributed by atoms with E-state index < -0.39 is 11.6 Å². The molecule has 11 heavy (non-hydrogen) atoms. The minimum atomic E-state index is -1.51. The summed E-state index contributed by atoms with van der Waals surface area (Å²) in [7, 11) is 0. The topological polar surface area (TPSA) is 57.5 Å². The van der Waals surface area contributed by atoms with Crippen molar-refractivity contribution < 1.29 is 15.0 Å². The van der Waals surface area contributed by atoms with Crippen LogP contribution in [0.2, 0.25) is 0 Å². The Morgan fingerprint density at radius 3 is 2.55 bits per heavy atom. The van der Waals surface area contributed by atoms with Crippen molar-refractivity contribution in [2.24, 2.45) is 5.92 Å². The maximum atomic E-state index is 10.4. The minimum absolute atomic E-state index is 0.382. The van der Waals surface area contributed by atoms with E-state index in [-0.39, 0.29) is 0 Å². The van der Waals surface area contributed by atoms with Crippen LogP contribution in [-0.4, -0.2) is 21.8 Å². The first kappa shape index (κ1) is 8.53. The minimum Gasteiger partial charge on any atom is -0.479 e. The lowest BCUT2D eigenvalue weighted by atomic mass is 9.99. The summed E-state index contributed by atoms with van der Waals surface area (Å²) in [6.45, 7) is 1.36. The normalized spacial score (nSPS) is 22.7. The molecule has 1 fully saturated rings. The molecular formula is C8H14O3. The van der Waals surface area contributed by atoms with Gasteiger partial charge in [0.2, 0.25) is 0 Å². The Bertz CT molecular complexity index is 159. The van der Waals surface area contributed by atoms with E-state index in [0.717, 1.165) is 6.42 Å². The third-order valence-electron chi connectivity index (χ3n) is 2.20. The number of aliphatic hydroxyl groups is 1. The number of aliphatic carboxylic acids is 1. The Hall–Kier alpha value is -0.570. The summed E-state index contributed by atoms with van der Waals surface area (Å²) in [5, 5.41) is 17.8. The predicted octanol–water partition coefficient (Wildman–Crippen LogP) is 1.01. The van der Waals surface area contributed by atoms with Crippen molar-refractivity contribution in [3.63, 3.8) is 0 Å². The monoisotopic (exact) mass is 158 g/mol. The summed E-state index contributed by atoms with van der Waals surface area (Å²) >= 11 is 0. The first-order chi connectivity index (χ1) is 5.02. The van der Waals surface area contributed by atoms with Gasteiger partial charge in [0.15, 0.2) is 5.60 Å². The molecule has 3 nitrogen and oxygen atoms in total. The first-order valence-electron chi connectivity index (χ1n) is 3.98. The molecule has 64 valence electrons. The molecule has 0 amide bonds. The lowest BCUT2D eigenvalue weighted by Gasteiger charge is -2.16. The predicted molar refractivity (Wildman–Crippen MR) is 40.2 cm³/mol. The average Bonchev–Trinajstić information content (AvgIpc) is 2.65. The molecule has 1 atom stereocenters. The van der Waals surface area contributed by atoms with Gasteiger partial charge in [0.05, 0.1) is 0 Å². The lowest BCUT2D eigenvalue weighted by molar-refractivity contribution is -0.157. The smallest absolute Gasteiger partial charge is 0.335 e. The molecule has 1 aliphatic rings. The van der Waals surface area contributed by atoms with Crippen molar-refractivity contribution in [2.45, 2.75) is 38.2 Å². The molecule has 0 spiro atoms. The van der Waals surface area contributed by atoms with E-state index in [1.165, 1.54) is 19.8 Å².